The Bertz CT molecular complexity index is 711. The summed E-state index contributed by atoms with van der Waals surface area (Å²) in [5.41, 5.74) is 2.43. The first-order valence-corrected chi connectivity index (χ1v) is 9.85. The van der Waals surface area contributed by atoms with Gasteiger partial charge in [-0.25, -0.2) is 0 Å². The van der Waals surface area contributed by atoms with E-state index in [1.54, 1.807) is 18.4 Å². The Morgan fingerprint density at radius 2 is 2.12 bits per heavy atom. The normalized spacial score (nSPS) is 17.9. The average molecular weight is 360 g/mol. The van der Waals surface area contributed by atoms with E-state index < -0.39 is 0 Å². The smallest absolute Gasteiger partial charge is 0.278 e. The molecule has 0 bridgehead atoms. The van der Waals surface area contributed by atoms with E-state index in [4.69, 9.17) is 4.74 Å². The summed E-state index contributed by atoms with van der Waals surface area (Å²) < 4.78 is 5.28. The fraction of sp³-hybridized carbons (Fsp3) is 0.450. The fourth-order valence-electron chi connectivity index (χ4n) is 3.32. The predicted octanol–water partition coefficient (Wildman–Crippen LogP) is 2.59. The number of carbonyl (C=O) groups is 1. The minimum atomic E-state index is 0.0127. The zero-order valence-electron chi connectivity index (χ0n) is 15.2. The molecule has 25 heavy (non-hydrogen) atoms. The molecule has 2 atom stereocenters. The molecule has 0 saturated heterocycles. The fourth-order valence-corrected chi connectivity index (χ4v) is 4.22. The lowest BCUT2D eigenvalue weighted by Crippen LogP contribution is -2.91. The molecule has 0 radical (unpaired) electrons. The third-order valence-electron chi connectivity index (χ3n) is 5.06. The molecule has 1 aromatic carbocycles. The molecule has 1 aromatic heterocycles. The first-order valence-electron chi connectivity index (χ1n) is 8.97. The van der Waals surface area contributed by atoms with Gasteiger partial charge in [0.05, 0.1) is 19.2 Å². The number of hydrogen-bond acceptors (Lipinski definition) is 3. The number of thiophene rings is 1. The Kier molecular flexibility index (Phi) is 5.76. The van der Waals surface area contributed by atoms with E-state index in [1.807, 2.05) is 12.1 Å². The van der Waals surface area contributed by atoms with Crippen LogP contribution in [0.4, 0.5) is 0 Å². The van der Waals surface area contributed by atoms with Crippen molar-refractivity contribution < 1.29 is 14.8 Å². The van der Waals surface area contributed by atoms with Gasteiger partial charge in [0.25, 0.3) is 5.91 Å². The number of methoxy groups -OCH3 is 1. The summed E-state index contributed by atoms with van der Waals surface area (Å²) in [5, 5.41) is 4.29. The molecule has 5 heteroatoms. The summed E-state index contributed by atoms with van der Waals surface area (Å²) in [6, 6.07) is 10.8. The largest absolute Gasteiger partial charge is 0.497 e. The van der Waals surface area contributed by atoms with Gasteiger partial charge in [0.2, 0.25) is 0 Å². The molecule has 1 amide bonds. The Balaban J connectivity index is 1.87. The Labute approximate surface area is 153 Å². The summed E-state index contributed by atoms with van der Waals surface area (Å²) in [6.45, 7) is 5.63. The van der Waals surface area contributed by atoms with Gasteiger partial charge in [-0.3, -0.25) is 4.79 Å². The highest BCUT2D eigenvalue weighted by Crippen LogP contribution is 2.38. The zero-order chi connectivity index (χ0) is 17.8. The maximum atomic E-state index is 12.9. The van der Waals surface area contributed by atoms with Gasteiger partial charge in [-0.2, -0.15) is 0 Å². The number of rotatable bonds is 6. The maximum absolute atomic E-state index is 12.9. The molecule has 3 rings (SSSR count). The standard InChI is InChI=1S/C20H26N2O2S/c1-4-14(2)21-13-19(23)22-11-9-18-17(10-12-25-18)20(22)15-5-7-16(24-3)8-6-15/h5-8,10,12,14,20-21H,4,9,11,13H2,1-3H3/p+1/t14-,20-/m0/s1. The van der Waals surface area contributed by atoms with Crippen molar-refractivity contribution in [3.63, 3.8) is 0 Å². The second kappa shape index (κ2) is 8.02. The van der Waals surface area contributed by atoms with Gasteiger partial charge < -0.3 is 15.0 Å². The number of nitrogens with two attached hydrogens (primary N) is 1. The number of hydrogen-bond donors (Lipinski definition) is 1. The van der Waals surface area contributed by atoms with E-state index in [9.17, 15) is 4.79 Å². The summed E-state index contributed by atoms with van der Waals surface area (Å²) in [4.78, 5) is 16.4. The van der Waals surface area contributed by atoms with Crippen LogP contribution < -0.4 is 10.1 Å². The first-order chi connectivity index (χ1) is 12.1. The van der Waals surface area contributed by atoms with Crippen LogP contribution in [0.15, 0.2) is 35.7 Å². The molecule has 0 aliphatic carbocycles. The molecule has 0 fully saturated rings. The highest BCUT2D eigenvalue weighted by Gasteiger charge is 2.33. The van der Waals surface area contributed by atoms with Gasteiger partial charge in [0.15, 0.2) is 6.54 Å². The van der Waals surface area contributed by atoms with Crippen LogP contribution in [-0.4, -0.2) is 37.0 Å². The van der Waals surface area contributed by atoms with Crippen LogP contribution in [0.1, 0.15) is 42.3 Å². The van der Waals surface area contributed by atoms with Crippen molar-refractivity contribution >= 4 is 17.2 Å². The van der Waals surface area contributed by atoms with E-state index in [0.717, 1.165) is 30.7 Å². The average Bonchev–Trinajstić information content (AvgIpc) is 3.13. The third-order valence-corrected chi connectivity index (χ3v) is 6.05. The number of quaternary nitrogens is 1. The van der Waals surface area contributed by atoms with Crippen molar-refractivity contribution in [2.75, 3.05) is 20.2 Å². The summed E-state index contributed by atoms with van der Waals surface area (Å²) in [7, 11) is 1.67. The molecule has 2 aromatic rings. The van der Waals surface area contributed by atoms with E-state index >= 15 is 0 Å². The van der Waals surface area contributed by atoms with Gasteiger partial charge in [-0.05, 0) is 54.5 Å². The molecule has 0 saturated carbocycles. The second-order valence-corrected chi connectivity index (χ2v) is 7.64. The molecule has 2 heterocycles. The zero-order valence-corrected chi connectivity index (χ0v) is 16.0. The molecule has 2 N–H and O–H groups in total. The summed E-state index contributed by atoms with van der Waals surface area (Å²) in [6.07, 6.45) is 2.03. The lowest BCUT2D eigenvalue weighted by Gasteiger charge is -2.36. The van der Waals surface area contributed by atoms with Crippen LogP contribution in [0.3, 0.4) is 0 Å². The lowest BCUT2D eigenvalue weighted by molar-refractivity contribution is -0.676. The minimum Gasteiger partial charge on any atom is -0.497 e. The van der Waals surface area contributed by atoms with Crippen molar-refractivity contribution in [2.45, 2.75) is 38.8 Å². The van der Waals surface area contributed by atoms with Crippen LogP contribution in [-0.2, 0) is 11.2 Å². The number of fused-ring (bicyclic) bond motifs is 1. The summed E-state index contributed by atoms with van der Waals surface area (Å²) in [5.74, 6) is 1.06. The number of ether oxygens (including phenoxy) is 1. The van der Waals surface area contributed by atoms with Crippen molar-refractivity contribution in [2.24, 2.45) is 0 Å². The van der Waals surface area contributed by atoms with Crippen LogP contribution in [0.25, 0.3) is 0 Å². The second-order valence-electron chi connectivity index (χ2n) is 6.64. The van der Waals surface area contributed by atoms with Crippen LogP contribution in [0.2, 0.25) is 0 Å². The number of carbonyl (C=O) groups excluding carboxylic acids is 1. The minimum absolute atomic E-state index is 0.0127. The van der Waals surface area contributed by atoms with Crippen LogP contribution in [0.5, 0.6) is 5.75 Å². The first kappa shape index (κ1) is 18.0. The maximum Gasteiger partial charge on any atom is 0.278 e. The van der Waals surface area contributed by atoms with Crippen molar-refractivity contribution in [3.8, 4) is 5.75 Å². The van der Waals surface area contributed by atoms with Crippen molar-refractivity contribution in [3.05, 3.63) is 51.7 Å². The number of amides is 1. The topological polar surface area (TPSA) is 46.2 Å². The van der Waals surface area contributed by atoms with Crippen LogP contribution >= 0.6 is 11.3 Å². The van der Waals surface area contributed by atoms with Gasteiger partial charge in [-0.1, -0.05) is 19.1 Å². The van der Waals surface area contributed by atoms with E-state index in [1.165, 1.54) is 10.4 Å². The van der Waals surface area contributed by atoms with Gasteiger partial charge in [-0.15, -0.1) is 11.3 Å². The Morgan fingerprint density at radius 3 is 2.80 bits per heavy atom. The van der Waals surface area contributed by atoms with Gasteiger partial charge >= 0.3 is 0 Å². The Hall–Kier alpha value is -1.85. The Morgan fingerprint density at radius 1 is 1.36 bits per heavy atom. The molecule has 1 aliphatic heterocycles. The highest BCUT2D eigenvalue weighted by molar-refractivity contribution is 7.10. The highest BCUT2D eigenvalue weighted by atomic mass is 32.1. The SMILES string of the molecule is CC[C@H](C)[NH2+]CC(=O)N1CCc2sccc2[C@@H]1c1ccc(OC)cc1. The van der Waals surface area contributed by atoms with E-state index in [-0.39, 0.29) is 11.9 Å². The molecular weight excluding hydrogens is 332 g/mol. The van der Waals surface area contributed by atoms with Gasteiger partial charge in [0, 0.05) is 11.4 Å². The predicted molar refractivity (Wildman–Crippen MR) is 101 cm³/mol. The lowest BCUT2D eigenvalue weighted by atomic mass is 9.93. The monoisotopic (exact) mass is 359 g/mol. The molecule has 134 valence electrons. The van der Waals surface area contributed by atoms with Gasteiger partial charge in [0.1, 0.15) is 5.75 Å². The van der Waals surface area contributed by atoms with E-state index in [2.05, 4.69) is 47.6 Å². The number of nitrogens with zero attached hydrogens (tertiary/aromatic N) is 1. The third kappa shape index (κ3) is 3.88. The molecule has 1 aliphatic rings. The molecule has 4 nitrogen and oxygen atoms in total. The van der Waals surface area contributed by atoms with E-state index in [0.29, 0.717) is 12.6 Å². The molecule has 0 spiro atoms. The quantitative estimate of drug-likeness (QED) is 0.862. The van der Waals surface area contributed by atoms with Crippen molar-refractivity contribution in [1.29, 1.82) is 0 Å². The summed E-state index contributed by atoms with van der Waals surface area (Å²) >= 11 is 1.80. The molecule has 0 unspecified atom stereocenters. The van der Waals surface area contributed by atoms with Crippen molar-refractivity contribution in [1.82, 2.24) is 4.90 Å². The van der Waals surface area contributed by atoms with Crippen LogP contribution in [0, 0.1) is 0 Å². The number of benzene rings is 1. The molecular formula is C20H27N2O2S+.